The lowest BCUT2D eigenvalue weighted by atomic mass is 9.82. The van der Waals surface area contributed by atoms with Gasteiger partial charge in [0.25, 0.3) is 0 Å². The summed E-state index contributed by atoms with van der Waals surface area (Å²) < 4.78 is 5.99. The van der Waals surface area contributed by atoms with Crippen molar-refractivity contribution in [2.75, 3.05) is 6.54 Å². The molecule has 1 heterocycles. The van der Waals surface area contributed by atoms with Crippen molar-refractivity contribution in [3.63, 3.8) is 0 Å². The molecule has 1 atom stereocenters. The highest BCUT2D eigenvalue weighted by Crippen LogP contribution is 2.29. The van der Waals surface area contributed by atoms with Gasteiger partial charge in [-0.25, -0.2) is 0 Å². The summed E-state index contributed by atoms with van der Waals surface area (Å²) in [7, 11) is 0. The fraction of sp³-hybridized carbons (Fsp3) is 0.389. The minimum atomic E-state index is -0.163. The molecule has 2 aromatic rings. The first kappa shape index (κ1) is 15.5. The van der Waals surface area contributed by atoms with Crippen LogP contribution in [0.1, 0.15) is 44.4 Å². The Balaban J connectivity index is 2.12. The van der Waals surface area contributed by atoms with Gasteiger partial charge in [0.15, 0.2) is 0 Å². The van der Waals surface area contributed by atoms with E-state index in [-0.39, 0.29) is 11.5 Å². The SMILES string of the molecule is CCC(C)(C)c1ccc(OC(CN)c2cccnc2)cc1. The zero-order valence-electron chi connectivity index (χ0n) is 13.0. The highest BCUT2D eigenvalue weighted by atomic mass is 16.5. The Morgan fingerprint density at radius 1 is 1.19 bits per heavy atom. The lowest BCUT2D eigenvalue weighted by Crippen LogP contribution is -2.19. The maximum Gasteiger partial charge on any atom is 0.137 e. The molecule has 3 nitrogen and oxygen atoms in total. The van der Waals surface area contributed by atoms with E-state index in [1.54, 1.807) is 12.4 Å². The maximum absolute atomic E-state index is 5.99. The number of nitrogens with zero attached hydrogens (tertiary/aromatic N) is 1. The minimum absolute atomic E-state index is 0.163. The standard InChI is InChI=1S/C18H24N2O/c1-4-18(2,3)15-7-9-16(10-8-15)21-17(12-19)14-6-5-11-20-13-14/h5-11,13,17H,4,12,19H2,1-3H3. The van der Waals surface area contributed by atoms with Gasteiger partial charge in [0.05, 0.1) is 0 Å². The second-order valence-corrected chi connectivity index (χ2v) is 5.89. The molecule has 2 N–H and O–H groups in total. The highest BCUT2D eigenvalue weighted by Gasteiger charge is 2.18. The Labute approximate surface area is 127 Å². The molecular formula is C18H24N2O. The summed E-state index contributed by atoms with van der Waals surface area (Å²) in [5.74, 6) is 0.838. The Morgan fingerprint density at radius 2 is 1.90 bits per heavy atom. The van der Waals surface area contributed by atoms with Crippen molar-refractivity contribution >= 4 is 0 Å². The smallest absolute Gasteiger partial charge is 0.137 e. The van der Waals surface area contributed by atoms with Crippen molar-refractivity contribution in [1.82, 2.24) is 4.98 Å². The molecule has 0 aliphatic carbocycles. The van der Waals surface area contributed by atoms with Crippen LogP contribution in [0.4, 0.5) is 0 Å². The highest BCUT2D eigenvalue weighted by molar-refractivity contribution is 5.32. The number of nitrogens with two attached hydrogens (primary N) is 1. The van der Waals surface area contributed by atoms with Gasteiger partial charge in [-0.3, -0.25) is 4.98 Å². The maximum atomic E-state index is 5.99. The van der Waals surface area contributed by atoms with Gasteiger partial charge >= 0.3 is 0 Å². The molecule has 0 radical (unpaired) electrons. The summed E-state index contributed by atoms with van der Waals surface area (Å²) >= 11 is 0. The van der Waals surface area contributed by atoms with Crippen molar-refractivity contribution in [2.45, 2.75) is 38.7 Å². The van der Waals surface area contributed by atoms with E-state index in [9.17, 15) is 0 Å². The molecule has 1 aromatic carbocycles. The molecular weight excluding hydrogens is 260 g/mol. The van der Waals surface area contributed by atoms with E-state index in [1.807, 2.05) is 24.3 Å². The third-order valence-electron chi connectivity index (χ3n) is 4.07. The van der Waals surface area contributed by atoms with Crippen molar-refractivity contribution in [1.29, 1.82) is 0 Å². The van der Waals surface area contributed by atoms with Crippen LogP contribution < -0.4 is 10.5 Å². The van der Waals surface area contributed by atoms with Crippen molar-refractivity contribution in [3.05, 3.63) is 59.9 Å². The van der Waals surface area contributed by atoms with Gasteiger partial charge in [-0.15, -0.1) is 0 Å². The van der Waals surface area contributed by atoms with Crippen molar-refractivity contribution < 1.29 is 4.74 Å². The van der Waals surface area contributed by atoms with Crippen LogP contribution >= 0.6 is 0 Å². The number of hydrogen-bond donors (Lipinski definition) is 1. The third-order valence-corrected chi connectivity index (χ3v) is 4.07. The molecule has 0 amide bonds. The van der Waals surface area contributed by atoms with Gasteiger partial charge in [0.1, 0.15) is 11.9 Å². The van der Waals surface area contributed by atoms with Gasteiger partial charge in [-0.05, 0) is 35.6 Å². The van der Waals surface area contributed by atoms with Crippen LogP contribution in [0.3, 0.4) is 0 Å². The molecule has 0 bridgehead atoms. The molecule has 3 heteroatoms. The summed E-state index contributed by atoms with van der Waals surface area (Å²) in [5, 5.41) is 0. The summed E-state index contributed by atoms with van der Waals surface area (Å²) in [6.45, 7) is 7.13. The zero-order chi connectivity index (χ0) is 15.3. The summed E-state index contributed by atoms with van der Waals surface area (Å²) in [6.07, 6.45) is 4.49. The monoisotopic (exact) mass is 284 g/mol. The Kier molecular flexibility index (Phi) is 4.97. The Morgan fingerprint density at radius 3 is 2.43 bits per heavy atom. The largest absolute Gasteiger partial charge is 0.484 e. The van der Waals surface area contributed by atoms with Crippen LogP contribution in [0.15, 0.2) is 48.8 Å². The lowest BCUT2D eigenvalue weighted by molar-refractivity contribution is 0.213. The Bertz CT molecular complexity index is 549. The number of aromatic nitrogens is 1. The second-order valence-electron chi connectivity index (χ2n) is 5.89. The van der Waals surface area contributed by atoms with Gasteiger partial charge < -0.3 is 10.5 Å². The van der Waals surface area contributed by atoms with Crippen LogP contribution in [0.2, 0.25) is 0 Å². The summed E-state index contributed by atoms with van der Waals surface area (Å²) in [4.78, 5) is 4.12. The molecule has 0 fully saturated rings. The first-order chi connectivity index (χ1) is 10.1. The van der Waals surface area contributed by atoms with Gasteiger partial charge in [0.2, 0.25) is 0 Å². The quantitative estimate of drug-likeness (QED) is 0.876. The normalized spacial score (nSPS) is 13.0. The summed E-state index contributed by atoms with van der Waals surface area (Å²) in [5.41, 5.74) is 8.33. The number of pyridine rings is 1. The van der Waals surface area contributed by atoms with E-state index in [0.29, 0.717) is 6.54 Å². The van der Waals surface area contributed by atoms with Crippen LogP contribution in [0.25, 0.3) is 0 Å². The molecule has 1 aromatic heterocycles. The molecule has 0 saturated heterocycles. The number of hydrogen-bond acceptors (Lipinski definition) is 3. The molecule has 0 aliphatic rings. The first-order valence-corrected chi connectivity index (χ1v) is 7.44. The Hall–Kier alpha value is -1.87. The third kappa shape index (κ3) is 3.82. The second kappa shape index (κ2) is 6.72. The fourth-order valence-electron chi connectivity index (χ4n) is 2.17. The van der Waals surface area contributed by atoms with E-state index in [0.717, 1.165) is 17.7 Å². The zero-order valence-corrected chi connectivity index (χ0v) is 13.0. The number of benzene rings is 1. The number of rotatable bonds is 6. The first-order valence-electron chi connectivity index (χ1n) is 7.44. The van der Waals surface area contributed by atoms with Gasteiger partial charge in [-0.1, -0.05) is 39.0 Å². The van der Waals surface area contributed by atoms with Crippen molar-refractivity contribution in [2.24, 2.45) is 5.73 Å². The predicted octanol–water partition coefficient (Wildman–Crippen LogP) is 3.85. The molecule has 2 rings (SSSR count). The summed E-state index contributed by atoms with van der Waals surface area (Å²) in [6, 6.07) is 12.2. The van der Waals surface area contributed by atoms with Crippen molar-refractivity contribution in [3.8, 4) is 5.75 Å². The predicted molar refractivity (Wildman–Crippen MR) is 86.4 cm³/mol. The van der Waals surface area contributed by atoms with E-state index in [4.69, 9.17) is 10.5 Å². The fourth-order valence-corrected chi connectivity index (χ4v) is 2.17. The molecule has 21 heavy (non-hydrogen) atoms. The lowest BCUT2D eigenvalue weighted by Gasteiger charge is -2.24. The van der Waals surface area contributed by atoms with E-state index in [1.165, 1.54) is 5.56 Å². The van der Waals surface area contributed by atoms with Crippen LogP contribution in [-0.2, 0) is 5.41 Å². The molecule has 0 saturated carbocycles. The minimum Gasteiger partial charge on any atom is -0.484 e. The topological polar surface area (TPSA) is 48.1 Å². The molecule has 1 unspecified atom stereocenters. The van der Waals surface area contributed by atoms with E-state index in [2.05, 4.69) is 37.9 Å². The van der Waals surface area contributed by atoms with E-state index < -0.39 is 0 Å². The van der Waals surface area contributed by atoms with Crippen LogP contribution in [0, 0.1) is 0 Å². The average Bonchev–Trinajstić information content (AvgIpc) is 2.54. The van der Waals surface area contributed by atoms with Crippen LogP contribution in [0.5, 0.6) is 5.75 Å². The molecule has 0 aliphatic heterocycles. The van der Waals surface area contributed by atoms with Gasteiger partial charge in [-0.2, -0.15) is 0 Å². The number of ether oxygens (including phenoxy) is 1. The van der Waals surface area contributed by atoms with Crippen LogP contribution in [-0.4, -0.2) is 11.5 Å². The average molecular weight is 284 g/mol. The van der Waals surface area contributed by atoms with E-state index >= 15 is 0 Å². The molecule has 0 spiro atoms. The molecule has 112 valence electrons. The van der Waals surface area contributed by atoms with Gasteiger partial charge in [0, 0.05) is 24.5 Å².